The Hall–Kier alpha value is -1.37. The lowest BCUT2D eigenvalue weighted by Gasteiger charge is -2.22. The Kier molecular flexibility index (Phi) is 4.48. The van der Waals surface area contributed by atoms with Crippen LogP contribution in [0.2, 0.25) is 0 Å². The highest BCUT2D eigenvalue weighted by molar-refractivity contribution is 4.98. The lowest BCUT2D eigenvalue weighted by Crippen LogP contribution is -2.33. The van der Waals surface area contributed by atoms with Crippen LogP contribution in [0.5, 0.6) is 0 Å². The Morgan fingerprint density at radius 2 is 2.44 bits per heavy atom. The van der Waals surface area contributed by atoms with E-state index in [4.69, 9.17) is 4.74 Å². The van der Waals surface area contributed by atoms with E-state index in [0.29, 0.717) is 25.7 Å². The first-order valence-corrected chi connectivity index (χ1v) is 5.07. The summed E-state index contributed by atoms with van der Waals surface area (Å²) in [6, 6.07) is 0. The van der Waals surface area contributed by atoms with E-state index in [1.54, 1.807) is 7.05 Å². The molecule has 0 aromatic carbocycles. The van der Waals surface area contributed by atoms with Crippen molar-refractivity contribution < 1.29 is 14.1 Å². The fourth-order valence-electron chi connectivity index (χ4n) is 1.74. The van der Waals surface area contributed by atoms with Gasteiger partial charge in [0.1, 0.15) is 0 Å². The summed E-state index contributed by atoms with van der Waals surface area (Å²) >= 11 is 0. The lowest BCUT2D eigenvalue weighted by atomic mass is 10.1. The lowest BCUT2D eigenvalue weighted by molar-refractivity contribution is -0.450. The Morgan fingerprint density at radius 3 is 2.88 bits per heavy atom. The van der Waals surface area contributed by atoms with E-state index >= 15 is 0 Å². The number of nitrogens with one attached hydrogen (secondary N) is 1. The first-order chi connectivity index (χ1) is 7.56. The summed E-state index contributed by atoms with van der Waals surface area (Å²) in [5.74, 6) is -1.16. The molecule has 0 radical (unpaired) electrons. The normalized spacial score (nSPS) is 21.6. The minimum absolute atomic E-state index is 0.100. The molecule has 0 bridgehead atoms. The van der Waals surface area contributed by atoms with E-state index in [1.165, 1.54) is 11.9 Å². The Morgan fingerprint density at radius 1 is 1.75 bits per heavy atom. The highest BCUT2D eigenvalue weighted by atomic mass is 19.1. The summed E-state index contributed by atoms with van der Waals surface area (Å²) in [5.41, 5.74) is 0. The summed E-state index contributed by atoms with van der Waals surface area (Å²) in [5, 5.41) is 12.8. The van der Waals surface area contributed by atoms with Crippen molar-refractivity contribution in [2.24, 2.45) is 5.92 Å². The predicted molar refractivity (Wildman–Crippen MR) is 55.7 cm³/mol. The van der Waals surface area contributed by atoms with Crippen LogP contribution in [-0.4, -0.2) is 43.7 Å². The van der Waals surface area contributed by atoms with Crippen LogP contribution in [0.3, 0.4) is 0 Å². The minimum atomic E-state index is -1.36. The Balaban J connectivity index is 2.65. The smallest absolute Gasteiger partial charge is 0.381 e. The summed E-state index contributed by atoms with van der Waals surface area (Å²) < 4.78 is 18.3. The van der Waals surface area contributed by atoms with E-state index in [0.717, 1.165) is 6.42 Å². The molecule has 1 aliphatic heterocycles. The van der Waals surface area contributed by atoms with Gasteiger partial charge in [0.05, 0.1) is 11.5 Å². The SMILES string of the molecule is CNC(=C(F)[N+](=O)[O-])N(C)CC1CCOC1. The number of halogens is 1. The van der Waals surface area contributed by atoms with Crippen molar-refractivity contribution in [1.82, 2.24) is 10.2 Å². The molecule has 0 spiro atoms. The molecule has 0 aromatic heterocycles. The van der Waals surface area contributed by atoms with Gasteiger partial charge in [-0.2, -0.15) is 0 Å². The van der Waals surface area contributed by atoms with Crippen LogP contribution in [0.4, 0.5) is 4.39 Å². The largest absolute Gasteiger partial charge is 0.460 e. The number of ether oxygens (including phenoxy) is 1. The Bertz CT molecular complexity index is 290. The fraction of sp³-hybridized carbons (Fsp3) is 0.778. The molecule has 92 valence electrons. The quantitative estimate of drug-likeness (QED) is 0.426. The maximum Gasteiger partial charge on any atom is 0.460 e. The van der Waals surface area contributed by atoms with E-state index in [2.05, 4.69) is 5.32 Å². The number of hydrogen-bond donors (Lipinski definition) is 1. The van der Waals surface area contributed by atoms with Gasteiger partial charge < -0.3 is 15.0 Å². The fourth-order valence-corrected chi connectivity index (χ4v) is 1.74. The van der Waals surface area contributed by atoms with Gasteiger partial charge in [-0.3, -0.25) is 10.1 Å². The molecule has 1 N–H and O–H groups in total. The first-order valence-electron chi connectivity index (χ1n) is 5.07. The maximum atomic E-state index is 13.2. The van der Waals surface area contributed by atoms with Gasteiger partial charge in [0, 0.05) is 33.2 Å². The highest BCUT2D eigenvalue weighted by Crippen LogP contribution is 2.16. The Labute approximate surface area is 93.2 Å². The van der Waals surface area contributed by atoms with Crippen molar-refractivity contribution in [3.8, 4) is 0 Å². The van der Waals surface area contributed by atoms with Crippen LogP contribution in [0.25, 0.3) is 0 Å². The van der Waals surface area contributed by atoms with Crippen molar-refractivity contribution >= 4 is 0 Å². The maximum absolute atomic E-state index is 13.2. The average Bonchev–Trinajstić information content (AvgIpc) is 2.71. The van der Waals surface area contributed by atoms with E-state index < -0.39 is 10.9 Å². The van der Waals surface area contributed by atoms with E-state index in [9.17, 15) is 14.5 Å². The molecule has 1 saturated heterocycles. The second-order valence-electron chi connectivity index (χ2n) is 3.76. The molecule has 1 heterocycles. The van der Waals surface area contributed by atoms with Crippen LogP contribution < -0.4 is 5.32 Å². The molecule has 0 aliphatic carbocycles. The molecular weight excluding hydrogens is 217 g/mol. The molecule has 0 amide bonds. The van der Waals surface area contributed by atoms with Gasteiger partial charge in [-0.25, -0.2) is 0 Å². The van der Waals surface area contributed by atoms with E-state index in [-0.39, 0.29) is 5.82 Å². The number of nitro groups is 1. The third-order valence-electron chi connectivity index (χ3n) is 2.53. The molecule has 1 fully saturated rings. The monoisotopic (exact) mass is 233 g/mol. The second kappa shape index (κ2) is 5.64. The van der Waals surface area contributed by atoms with Crippen molar-refractivity contribution in [2.45, 2.75) is 6.42 Å². The van der Waals surface area contributed by atoms with Crippen molar-refractivity contribution in [2.75, 3.05) is 33.9 Å². The third-order valence-corrected chi connectivity index (χ3v) is 2.53. The van der Waals surface area contributed by atoms with Crippen molar-refractivity contribution in [3.63, 3.8) is 0 Å². The van der Waals surface area contributed by atoms with Crippen LogP contribution in [-0.2, 0) is 4.74 Å². The molecule has 0 aromatic rings. The number of rotatable bonds is 5. The number of hydrogen-bond acceptors (Lipinski definition) is 5. The van der Waals surface area contributed by atoms with Gasteiger partial charge in [0.2, 0.25) is 5.82 Å². The molecule has 0 saturated carbocycles. The zero-order chi connectivity index (χ0) is 12.1. The standard InChI is InChI=1S/C9H16FN3O3/c1-11-9(8(10)13(14)15)12(2)5-7-3-4-16-6-7/h7,11H,3-6H2,1-2H3. The van der Waals surface area contributed by atoms with Gasteiger partial charge in [0.25, 0.3) is 0 Å². The summed E-state index contributed by atoms with van der Waals surface area (Å²) in [6.07, 6.45) is 0.904. The molecule has 1 aliphatic rings. The number of nitrogens with zero attached hydrogens (tertiary/aromatic N) is 2. The van der Waals surface area contributed by atoms with Gasteiger partial charge in [0.15, 0.2) is 0 Å². The molecule has 1 unspecified atom stereocenters. The molecular formula is C9H16FN3O3. The molecule has 7 heteroatoms. The van der Waals surface area contributed by atoms with Crippen LogP contribution in [0.1, 0.15) is 6.42 Å². The molecule has 1 atom stereocenters. The molecule has 6 nitrogen and oxygen atoms in total. The van der Waals surface area contributed by atoms with Crippen LogP contribution in [0, 0.1) is 16.0 Å². The van der Waals surface area contributed by atoms with Gasteiger partial charge >= 0.3 is 5.95 Å². The summed E-state index contributed by atoms with van der Waals surface area (Å²) in [6.45, 7) is 1.87. The van der Waals surface area contributed by atoms with Crippen LogP contribution in [0.15, 0.2) is 11.8 Å². The summed E-state index contributed by atoms with van der Waals surface area (Å²) in [4.78, 5) is 10.8. The van der Waals surface area contributed by atoms with Gasteiger partial charge in [-0.1, -0.05) is 0 Å². The summed E-state index contributed by atoms with van der Waals surface area (Å²) in [7, 11) is 3.08. The zero-order valence-electron chi connectivity index (χ0n) is 9.40. The minimum Gasteiger partial charge on any atom is -0.381 e. The first kappa shape index (κ1) is 12.7. The zero-order valence-corrected chi connectivity index (χ0v) is 9.40. The second-order valence-corrected chi connectivity index (χ2v) is 3.76. The molecule has 16 heavy (non-hydrogen) atoms. The predicted octanol–water partition coefficient (Wildman–Crippen LogP) is 0.547. The van der Waals surface area contributed by atoms with E-state index in [1.807, 2.05) is 0 Å². The van der Waals surface area contributed by atoms with Gasteiger partial charge in [-0.15, -0.1) is 4.39 Å². The molecule has 1 rings (SSSR count). The third kappa shape index (κ3) is 3.06. The average molecular weight is 233 g/mol. The van der Waals surface area contributed by atoms with Crippen molar-refractivity contribution in [1.29, 1.82) is 0 Å². The van der Waals surface area contributed by atoms with Crippen LogP contribution >= 0.6 is 0 Å². The highest BCUT2D eigenvalue weighted by Gasteiger charge is 2.24. The van der Waals surface area contributed by atoms with Crippen molar-refractivity contribution in [3.05, 3.63) is 21.9 Å². The van der Waals surface area contributed by atoms with Gasteiger partial charge in [-0.05, 0) is 6.42 Å². The topological polar surface area (TPSA) is 67.6 Å².